The largest absolute Gasteiger partial charge is 0.358 e. The lowest BCUT2D eigenvalue weighted by molar-refractivity contribution is 0.0771. The molecule has 0 bridgehead atoms. The number of H-pyrrole nitrogens is 1. The summed E-state index contributed by atoms with van der Waals surface area (Å²) in [6.07, 6.45) is 0. The Balaban J connectivity index is 1.91. The van der Waals surface area contributed by atoms with E-state index in [-0.39, 0.29) is 5.91 Å². The van der Waals surface area contributed by atoms with Gasteiger partial charge >= 0.3 is 0 Å². The van der Waals surface area contributed by atoms with E-state index < -0.39 is 10.8 Å². The van der Waals surface area contributed by atoms with Crippen LogP contribution >= 0.6 is 0 Å². The molecule has 1 aliphatic rings. The Hall–Kier alpha value is -1.62. The highest BCUT2D eigenvalue weighted by Gasteiger charge is 2.21. The summed E-state index contributed by atoms with van der Waals surface area (Å²) in [6, 6.07) is 5.79. The minimum Gasteiger partial charge on any atom is -0.358 e. The van der Waals surface area contributed by atoms with Crippen molar-refractivity contribution in [3.05, 3.63) is 35.0 Å². The third kappa shape index (κ3) is 2.26. The van der Waals surface area contributed by atoms with Crippen molar-refractivity contribution < 1.29 is 9.00 Å². The van der Waals surface area contributed by atoms with E-state index in [1.807, 2.05) is 25.1 Å². The zero-order valence-corrected chi connectivity index (χ0v) is 12.5. The Morgan fingerprint density at radius 2 is 1.95 bits per heavy atom. The number of aryl methyl sites for hydroxylation is 2. The Morgan fingerprint density at radius 1 is 1.25 bits per heavy atom. The SMILES string of the molecule is Cc1[nH]c2ccc(C(=O)N3CCS(=O)CC3)cc2c1C. The number of amides is 1. The molecule has 1 amide bonds. The van der Waals surface area contributed by atoms with Gasteiger partial charge in [0.2, 0.25) is 0 Å². The van der Waals surface area contributed by atoms with Crippen LogP contribution in [-0.2, 0) is 10.8 Å². The lowest BCUT2D eigenvalue weighted by Gasteiger charge is -2.26. The minimum atomic E-state index is -0.755. The number of carbonyl (C=O) groups is 1. The van der Waals surface area contributed by atoms with Crippen LogP contribution in [0.1, 0.15) is 21.6 Å². The van der Waals surface area contributed by atoms with Crippen molar-refractivity contribution in [2.24, 2.45) is 0 Å². The Morgan fingerprint density at radius 3 is 2.65 bits per heavy atom. The number of nitrogens with one attached hydrogen (secondary N) is 1. The number of carbonyl (C=O) groups excluding carboxylic acids is 1. The molecule has 0 atom stereocenters. The normalized spacial score (nSPS) is 16.8. The van der Waals surface area contributed by atoms with Crippen LogP contribution in [-0.4, -0.2) is 44.6 Å². The molecule has 1 N–H and O–H groups in total. The van der Waals surface area contributed by atoms with E-state index in [1.165, 1.54) is 5.56 Å². The van der Waals surface area contributed by atoms with Gasteiger partial charge in [-0.25, -0.2) is 0 Å². The highest BCUT2D eigenvalue weighted by atomic mass is 32.2. The van der Waals surface area contributed by atoms with Gasteiger partial charge in [0.15, 0.2) is 0 Å². The second-order valence-electron chi connectivity index (χ2n) is 5.28. The predicted octanol–water partition coefficient (Wildman–Crippen LogP) is 1.99. The molecule has 106 valence electrons. The second-order valence-corrected chi connectivity index (χ2v) is 6.97. The monoisotopic (exact) mass is 290 g/mol. The molecule has 1 saturated heterocycles. The first-order chi connectivity index (χ1) is 9.56. The van der Waals surface area contributed by atoms with E-state index in [9.17, 15) is 9.00 Å². The first-order valence-corrected chi connectivity index (χ1v) is 8.28. The summed E-state index contributed by atoms with van der Waals surface area (Å²) in [7, 11) is -0.755. The smallest absolute Gasteiger partial charge is 0.253 e. The zero-order valence-electron chi connectivity index (χ0n) is 11.7. The van der Waals surface area contributed by atoms with Crippen LogP contribution in [0.2, 0.25) is 0 Å². The van der Waals surface area contributed by atoms with Gasteiger partial charge in [0.1, 0.15) is 0 Å². The first kappa shape index (κ1) is 13.4. The van der Waals surface area contributed by atoms with E-state index in [1.54, 1.807) is 4.90 Å². The third-order valence-electron chi connectivity index (χ3n) is 4.02. The fourth-order valence-electron chi connectivity index (χ4n) is 2.62. The van der Waals surface area contributed by atoms with Crippen molar-refractivity contribution in [1.29, 1.82) is 0 Å². The molecular weight excluding hydrogens is 272 g/mol. The number of fused-ring (bicyclic) bond motifs is 1. The van der Waals surface area contributed by atoms with Crippen molar-refractivity contribution in [1.82, 2.24) is 9.88 Å². The summed E-state index contributed by atoms with van der Waals surface area (Å²) >= 11 is 0. The van der Waals surface area contributed by atoms with Crippen LogP contribution in [0.3, 0.4) is 0 Å². The minimum absolute atomic E-state index is 0.0434. The van der Waals surface area contributed by atoms with Crippen LogP contribution in [0.4, 0.5) is 0 Å². The van der Waals surface area contributed by atoms with Gasteiger partial charge in [-0.15, -0.1) is 0 Å². The van der Waals surface area contributed by atoms with Crippen LogP contribution in [0.25, 0.3) is 10.9 Å². The number of benzene rings is 1. The Bertz CT molecular complexity index is 695. The molecule has 1 aliphatic heterocycles. The van der Waals surface area contributed by atoms with Crippen molar-refractivity contribution in [2.45, 2.75) is 13.8 Å². The summed E-state index contributed by atoms with van der Waals surface area (Å²) in [6.45, 7) is 5.28. The number of hydrogen-bond acceptors (Lipinski definition) is 2. The molecule has 2 aromatic rings. The molecule has 0 spiro atoms. The molecule has 5 heteroatoms. The van der Waals surface area contributed by atoms with Crippen molar-refractivity contribution >= 4 is 27.6 Å². The lowest BCUT2D eigenvalue weighted by atomic mass is 10.1. The van der Waals surface area contributed by atoms with Gasteiger partial charge in [-0.2, -0.15) is 0 Å². The highest BCUT2D eigenvalue weighted by molar-refractivity contribution is 7.85. The lowest BCUT2D eigenvalue weighted by Crippen LogP contribution is -2.41. The quantitative estimate of drug-likeness (QED) is 0.873. The van der Waals surface area contributed by atoms with E-state index in [4.69, 9.17) is 0 Å². The number of nitrogens with zero attached hydrogens (tertiary/aromatic N) is 1. The fourth-order valence-corrected chi connectivity index (χ4v) is 3.67. The third-order valence-corrected chi connectivity index (χ3v) is 5.30. The predicted molar refractivity (Wildman–Crippen MR) is 81.6 cm³/mol. The maximum atomic E-state index is 12.5. The molecule has 2 heterocycles. The Kier molecular flexibility index (Phi) is 3.38. The molecule has 0 aliphatic carbocycles. The topological polar surface area (TPSA) is 53.2 Å². The van der Waals surface area contributed by atoms with Gasteiger partial charge in [0.25, 0.3) is 5.91 Å². The van der Waals surface area contributed by atoms with Crippen LogP contribution in [0, 0.1) is 13.8 Å². The van der Waals surface area contributed by atoms with Crippen molar-refractivity contribution in [3.8, 4) is 0 Å². The van der Waals surface area contributed by atoms with Gasteiger partial charge in [0.05, 0.1) is 0 Å². The maximum Gasteiger partial charge on any atom is 0.253 e. The summed E-state index contributed by atoms with van der Waals surface area (Å²) in [5, 5.41) is 1.11. The standard InChI is InChI=1S/C15H18N2O2S/c1-10-11(2)16-14-4-3-12(9-13(10)14)15(18)17-5-7-20(19)8-6-17/h3-4,9,16H,5-8H2,1-2H3. The molecule has 0 unspecified atom stereocenters. The number of hydrogen-bond donors (Lipinski definition) is 1. The van der Waals surface area contributed by atoms with E-state index in [0.717, 1.165) is 16.6 Å². The highest BCUT2D eigenvalue weighted by Crippen LogP contribution is 2.23. The molecular formula is C15H18N2O2S. The van der Waals surface area contributed by atoms with Crippen molar-refractivity contribution in [3.63, 3.8) is 0 Å². The summed E-state index contributed by atoms with van der Waals surface area (Å²) in [5.74, 6) is 1.23. The summed E-state index contributed by atoms with van der Waals surface area (Å²) in [4.78, 5) is 17.6. The number of aromatic amines is 1. The fraction of sp³-hybridized carbons (Fsp3) is 0.400. The Labute approximate surface area is 120 Å². The summed E-state index contributed by atoms with van der Waals surface area (Å²) in [5.41, 5.74) is 4.11. The molecule has 4 nitrogen and oxygen atoms in total. The van der Waals surface area contributed by atoms with Crippen LogP contribution in [0.15, 0.2) is 18.2 Å². The van der Waals surface area contributed by atoms with Gasteiger partial charge in [-0.05, 0) is 37.6 Å². The average molecular weight is 290 g/mol. The second kappa shape index (κ2) is 5.05. The molecule has 1 aromatic heterocycles. The van der Waals surface area contributed by atoms with E-state index >= 15 is 0 Å². The number of rotatable bonds is 1. The maximum absolute atomic E-state index is 12.5. The van der Waals surface area contributed by atoms with Crippen molar-refractivity contribution in [2.75, 3.05) is 24.6 Å². The molecule has 20 heavy (non-hydrogen) atoms. The molecule has 1 fully saturated rings. The molecule has 0 saturated carbocycles. The van der Waals surface area contributed by atoms with Gasteiger partial charge < -0.3 is 9.88 Å². The van der Waals surface area contributed by atoms with Gasteiger partial charge in [-0.1, -0.05) is 0 Å². The summed E-state index contributed by atoms with van der Waals surface area (Å²) < 4.78 is 11.4. The molecule has 1 aromatic carbocycles. The molecule has 0 radical (unpaired) electrons. The first-order valence-electron chi connectivity index (χ1n) is 6.79. The van der Waals surface area contributed by atoms with Crippen LogP contribution < -0.4 is 0 Å². The average Bonchev–Trinajstić information content (AvgIpc) is 2.74. The van der Waals surface area contributed by atoms with Crippen LogP contribution in [0.5, 0.6) is 0 Å². The number of aromatic nitrogens is 1. The van der Waals surface area contributed by atoms with Gasteiger partial charge in [0, 0.05) is 57.6 Å². The zero-order chi connectivity index (χ0) is 14.3. The van der Waals surface area contributed by atoms with E-state index in [2.05, 4.69) is 11.9 Å². The van der Waals surface area contributed by atoms with Gasteiger partial charge in [-0.3, -0.25) is 9.00 Å². The van der Waals surface area contributed by atoms with E-state index in [0.29, 0.717) is 30.2 Å². The molecule has 3 rings (SSSR count).